The van der Waals surface area contributed by atoms with Gasteiger partial charge in [-0.25, -0.2) is 0 Å². The zero-order valence-corrected chi connectivity index (χ0v) is 9.34. The van der Waals surface area contributed by atoms with Gasteiger partial charge < -0.3 is 20.5 Å². The molecule has 0 saturated heterocycles. The monoisotopic (exact) mass is 253 g/mol. The number of nitro groups is 1. The molecule has 0 aliphatic carbocycles. The van der Waals surface area contributed by atoms with Crippen molar-refractivity contribution in [3.05, 3.63) is 22.2 Å². The first kappa shape index (κ1) is 12.1. The smallest absolute Gasteiger partial charge is 0.296 e. The minimum atomic E-state index is -0.607. The first-order valence-corrected chi connectivity index (χ1v) is 5.19. The van der Waals surface area contributed by atoms with E-state index in [1.807, 2.05) is 0 Å². The number of rotatable bonds is 3. The Kier molecular flexibility index (Phi) is 3.28. The number of nitrogens with zero attached hydrogens (tertiary/aromatic N) is 1. The van der Waals surface area contributed by atoms with Crippen LogP contribution in [0.5, 0.6) is 11.5 Å². The number of nitrogens with one attached hydrogen (secondary N) is 1. The van der Waals surface area contributed by atoms with Gasteiger partial charge in [0.15, 0.2) is 11.5 Å². The predicted octanol–water partition coefficient (Wildman–Crippen LogP) is 0.263. The number of nitrogens with two attached hydrogens (primary N) is 1. The van der Waals surface area contributed by atoms with Gasteiger partial charge in [-0.1, -0.05) is 0 Å². The molecular formula is C10H11N3O5. The van der Waals surface area contributed by atoms with Crippen LogP contribution in [0.1, 0.15) is 0 Å². The summed E-state index contributed by atoms with van der Waals surface area (Å²) in [5.74, 6) is 0.132. The molecule has 0 saturated carbocycles. The summed E-state index contributed by atoms with van der Waals surface area (Å²) in [6.45, 7) is 0.430. The summed E-state index contributed by atoms with van der Waals surface area (Å²) in [7, 11) is 0. The molecule has 2 rings (SSSR count). The summed E-state index contributed by atoms with van der Waals surface area (Å²) in [4.78, 5) is 21.5. The van der Waals surface area contributed by atoms with Gasteiger partial charge in [0.25, 0.3) is 5.69 Å². The maximum absolute atomic E-state index is 11.2. The van der Waals surface area contributed by atoms with Crippen LogP contribution in [-0.2, 0) is 4.79 Å². The molecule has 0 unspecified atom stereocenters. The second-order valence-corrected chi connectivity index (χ2v) is 3.52. The topological polar surface area (TPSA) is 117 Å². The number of fused-ring (bicyclic) bond motifs is 1. The lowest BCUT2D eigenvalue weighted by Crippen LogP contribution is -2.23. The van der Waals surface area contributed by atoms with Crippen molar-refractivity contribution in [3.8, 4) is 11.5 Å². The van der Waals surface area contributed by atoms with Crippen LogP contribution in [0.4, 0.5) is 11.4 Å². The van der Waals surface area contributed by atoms with E-state index >= 15 is 0 Å². The number of ether oxygens (including phenoxy) is 2. The van der Waals surface area contributed by atoms with Crippen molar-refractivity contribution in [2.45, 2.75) is 0 Å². The van der Waals surface area contributed by atoms with Crippen LogP contribution in [0.2, 0.25) is 0 Å². The minimum Gasteiger partial charge on any atom is -0.486 e. The second-order valence-electron chi connectivity index (χ2n) is 3.52. The van der Waals surface area contributed by atoms with E-state index < -0.39 is 10.8 Å². The lowest BCUT2D eigenvalue weighted by atomic mass is 10.2. The highest BCUT2D eigenvalue weighted by Crippen LogP contribution is 2.39. The standard InChI is InChI=1S/C10H11N3O5/c11-5-10(14)12-6-3-8-9(18-2-1-17-8)4-7(6)13(15)16/h3-4H,1-2,5,11H2,(H,12,14). The molecule has 1 aromatic rings. The van der Waals surface area contributed by atoms with E-state index in [1.54, 1.807) is 0 Å². The summed E-state index contributed by atoms with van der Waals surface area (Å²) in [6, 6.07) is 2.58. The van der Waals surface area contributed by atoms with Crippen molar-refractivity contribution in [3.63, 3.8) is 0 Å². The molecular weight excluding hydrogens is 242 g/mol. The quantitative estimate of drug-likeness (QED) is 0.589. The van der Waals surface area contributed by atoms with Gasteiger partial charge >= 0.3 is 0 Å². The average molecular weight is 253 g/mol. The number of hydrogen-bond donors (Lipinski definition) is 2. The van der Waals surface area contributed by atoms with Crippen molar-refractivity contribution < 1.29 is 19.2 Å². The van der Waals surface area contributed by atoms with Gasteiger partial charge in [-0.15, -0.1) is 0 Å². The Morgan fingerprint density at radius 1 is 1.39 bits per heavy atom. The van der Waals surface area contributed by atoms with Crippen LogP contribution in [0.15, 0.2) is 12.1 Å². The number of carbonyl (C=O) groups excluding carboxylic acids is 1. The molecule has 3 N–H and O–H groups in total. The number of benzene rings is 1. The van der Waals surface area contributed by atoms with E-state index in [1.165, 1.54) is 12.1 Å². The lowest BCUT2D eigenvalue weighted by molar-refractivity contribution is -0.384. The zero-order valence-electron chi connectivity index (χ0n) is 9.34. The Hall–Kier alpha value is -2.35. The van der Waals surface area contributed by atoms with E-state index in [9.17, 15) is 14.9 Å². The van der Waals surface area contributed by atoms with E-state index in [0.717, 1.165) is 0 Å². The Balaban J connectivity index is 2.42. The second kappa shape index (κ2) is 4.88. The maximum atomic E-state index is 11.2. The number of hydrogen-bond acceptors (Lipinski definition) is 6. The molecule has 1 heterocycles. The number of amides is 1. The molecule has 1 aliphatic heterocycles. The Morgan fingerprint density at radius 3 is 2.56 bits per heavy atom. The van der Waals surface area contributed by atoms with Crippen molar-refractivity contribution in [2.75, 3.05) is 25.1 Å². The SMILES string of the molecule is NCC(=O)Nc1cc2c(cc1[N+](=O)[O-])OCCO2. The molecule has 0 spiro atoms. The molecule has 0 atom stereocenters. The molecule has 96 valence electrons. The van der Waals surface area contributed by atoms with Crippen molar-refractivity contribution >= 4 is 17.3 Å². The van der Waals surface area contributed by atoms with E-state index in [-0.39, 0.29) is 17.9 Å². The van der Waals surface area contributed by atoms with Gasteiger partial charge in [-0.2, -0.15) is 0 Å². The van der Waals surface area contributed by atoms with Crippen LogP contribution in [0.3, 0.4) is 0 Å². The minimum absolute atomic E-state index is 0.0414. The van der Waals surface area contributed by atoms with Crippen LogP contribution in [0, 0.1) is 10.1 Å². The third kappa shape index (κ3) is 2.33. The first-order valence-electron chi connectivity index (χ1n) is 5.19. The number of nitro benzene ring substituents is 1. The molecule has 8 nitrogen and oxygen atoms in total. The highest BCUT2D eigenvalue weighted by atomic mass is 16.6. The first-order chi connectivity index (χ1) is 8.61. The van der Waals surface area contributed by atoms with Gasteiger partial charge in [-0.3, -0.25) is 14.9 Å². The molecule has 0 fully saturated rings. The van der Waals surface area contributed by atoms with Crippen LogP contribution in [0.25, 0.3) is 0 Å². The fourth-order valence-corrected chi connectivity index (χ4v) is 1.53. The summed E-state index contributed by atoms with van der Waals surface area (Å²) >= 11 is 0. The van der Waals surface area contributed by atoms with Gasteiger partial charge in [-0.05, 0) is 0 Å². The summed E-state index contributed by atoms with van der Waals surface area (Å²) in [6.07, 6.45) is 0. The van der Waals surface area contributed by atoms with E-state index in [0.29, 0.717) is 24.7 Å². The summed E-state index contributed by atoms with van der Waals surface area (Å²) in [5.41, 5.74) is 4.92. The Bertz CT molecular complexity index is 503. The molecule has 0 radical (unpaired) electrons. The van der Waals surface area contributed by atoms with Crippen LogP contribution in [-0.4, -0.2) is 30.6 Å². The highest BCUT2D eigenvalue weighted by Gasteiger charge is 2.23. The third-order valence-electron chi connectivity index (χ3n) is 2.32. The Morgan fingerprint density at radius 2 is 2.00 bits per heavy atom. The van der Waals surface area contributed by atoms with Gasteiger partial charge in [0.2, 0.25) is 5.91 Å². The van der Waals surface area contributed by atoms with Crippen LogP contribution >= 0.6 is 0 Å². The van der Waals surface area contributed by atoms with E-state index in [4.69, 9.17) is 15.2 Å². The van der Waals surface area contributed by atoms with Crippen molar-refractivity contribution in [1.82, 2.24) is 0 Å². The van der Waals surface area contributed by atoms with Gasteiger partial charge in [0.1, 0.15) is 18.9 Å². The fraction of sp³-hybridized carbons (Fsp3) is 0.300. The van der Waals surface area contributed by atoms with E-state index in [2.05, 4.69) is 5.32 Å². The largest absolute Gasteiger partial charge is 0.486 e. The maximum Gasteiger partial charge on any atom is 0.296 e. The normalized spacial score (nSPS) is 12.9. The Labute approximate surface area is 102 Å². The number of anilines is 1. The molecule has 0 bridgehead atoms. The third-order valence-corrected chi connectivity index (χ3v) is 2.32. The highest BCUT2D eigenvalue weighted by molar-refractivity contribution is 5.94. The molecule has 0 aromatic heterocycles. The molecule has 18 heavy (non-hydrogen) atoms. The fourth-order valence-electron chi connectivity index (χ4n) is 1.53. The van der Waals surface area contributed by atoms with Crippen LogP contribution < -0.4 is 20.5 Å². The molecule has 1 aromatic carbocycles. The lowest BCUT2D eigenvalue weighted by Gasteiger charge is -2.19. The van der Waals surface area contributed by atoms with Gasteiger partial charge in [0.05, 0.1) is 17.5 Å². The van der Waals surface area contributed by atoms with Crippen molar-refractivity contribution in [1.29, 1.82) is 0 Å². The number of carbonyl (C=O) groups is 1. The summed E-state index contributed by atoms with van der Waals surface area (Å²) in [5, 5.41) is 13.3. The predicted molar refractivity (Wildman–Crippen MR) is 61.8 cm³/mol. The molecule has 1 amide bonds. The van der Waals surface area contributed by atoms with Gasteiger partial charge in [0, 0.05) is 6.07 Å². The molecule has 1 aliphatic rings. The summed E-state index contributed by atoms with van der Waals surface area (Å²) < 4.78 is 10.5. The van der Waals surface area contributed by atoms with Crippen molar-refractivity contribution in [2.24, 2.45) is 5.73 Å². The average Bonchev–Trinajstić information content (AvgIpc) is 2.37. The molecule has 8 heteroatoms. The zero-order chi connectivity index (χ0) is 13.1.